The molecular weight excluding hydrogens is 222 g/mol. The van der Waals surface area contributed by atoms with Crippen LogP contribution < -0.4 is 0 Å². The Morgan fingerprint density at radius 3 is 2.29 bits per heavy atom. The van der Waals surface area contributed by atoms with E-state index in [1.807, 2.05) is 0 Å². The van der Waals surface area contributed by atoms with Crippen molar-refractivity contribution in [1.82, 2.24) is 4.90 Å². The van der Waals surface area contributed by atoms with Crippen LogP contribution in [0.3, 0.4) is 0 Å². The maximum Gasteiger partial charge on any atom is 0.410 e. The van der Waals surface area contributed by atoms with Crippen molar-refractivity contribution in [3.63, 3.8) is 0 Å². The fourth-order valence-electron chi connectivity index (χ4n) is 1.73. The molecule has 0 saturated heterocycles. The van der Waals surface area contributed by atoms with Gasteiger partial charge in [0, 0.05) is 6.54 Å². The molecule has 0 aromatic rings. The van der Waals surface area contributed by atoms with Gasteiger partial charge >= 0.3 is 12.1 Å². The maximum absolute atomic E-state index is 11.5. The minimum absolute atomic E-state index is 0.387. The number of carbonyl (C=O) groups excluding carboxylic acids is 1. The second kappa shape index (κ2) is 8.84. The molecule has 0 rings (SSSR count). The molecule has 0 aromatic carbocycles. The maximum atomic E-state index is 11.5. The van der Waals surface area contributed by atoms with Crippen LogP contribution in [0.1, 0.15) is 46.0 Å². The molecule has 1 atom stereocenters. The van der Waals surface area contributed by atoms with Gasteiger partial charge in [-0.05, 0) is 12.8 Å². The Labute approximate surface area is 103 Å². The van der Waals surface area contributed by atoms with Gasteiger partial charge in [-0.1, -0.05) is 33.1 Å². The number of amides is 1. The van der Waals surface area contributed by atoms with E-state index >= 15 is 0 Å². The third-order valence-corrected chi connectivity index (χ3v) is 2.71. The number of carbonyl (C=O) groups is 2. The van der Waals surface area contributed by atoms with Gasteiger partial charge in [0.15, 0.2) is 0 Å². The number of ether oxygens (including phenoxy) is 1. The molecule has 5 heteroatoms. The van der Waals surface area contributed by atoms with Crippen molar-refractivity contribution < 1.29 is 19.4 Å². The summed E-state index contributed by atoms with van der Waals surface area (Å²) in [4.78, 5) is 23.9. The molecule has 1 N–H and O–H groups in total. The van der Waals surface area contributed by atoms with Crippen LogP contribution in [0, 0.1) is 0 Å². The summed E-state index contributed by atoms with van der Waals surface area (Å²) in [5.41, 5.74) is 0. The van der Waals surface area contributed by atoms with E-state index < -0.39 is 18.1 Å². The van der Waals surface area contributed by atoms with Crippen LogP contribution in [0.4, 0.5) is 4.79 Å². The summed E-state index contributed by atoms with van der Waals surface area (Å²) in [6.45, 7) is 4.29. The van der Waals surface area contributed by atoms with Crippen LogP contribution >= 0.6 is 0 Å². The molecule has 0 heterocycles. The summed E-state index contributed by atoms with van der Waals surface area (Å²) in [5, 5.41) is 9.04. The Hall–Kier alpha value is -1.26. The topological polar surface area (TPSA) is 66.8 Å². The van der Waals surface area contributed by atoms with Crippen molar-refractivity contribution in [3.8, 4) is 0 Å². The molecule has 1 unspecified atom stereocenters. The number of aliphatic carboxylic acids is 1. The summed E-state index contributed by atoms with van der Waals surface area (Å²) in [6, 6.07) is -0.788. The third-order valence-electron chi connectivity index (χ3n) is 2.71. The molecule has 1 amide bonds. The molecule has 0 aromatic heterocycles. The zero-order chi connectivity index (χ0) is 13.3. The van der Waals surface area contributed by atoms with E-state index in [4.69, 9.17) is 5.11 Å². The van der Waals surface area contributed by atoms with Gasteiger partial charge in [-0.2, -0.15) is 0 Å². The largest absolute Gasteiger partial charge is 0.480 e. The fraction of sp³-hybridized carbons (Fsp3) is 0.833. The van der Waals surface area contributed by atoms with Crippen molar-refractivity contribution in [1.29, 1.82) is 0 Å². The van der Waals surface area contributed by atoms with Gasteiger partial charge < -0.3 is 9.84 Å². The van der Waals surface area contributed by atoms with Crippen LogP contribution in [0.5, 0.6) is 0 Å². The Bertz CT molecular complexity index is 243. The van der Waals surface area contributed by atoms with Crippen LogP contribution in [0.2, 0.25) is 0 Å². The molecule has 0 fully saturated rings. The van der Waals surface area contributed by atoms with E-state index in [0.717, 1.165) is 25.7 Å². The molecule has 0 bridgehead atoms. The van der Waals surface area contributed by atoms with Gasteiger partial charge in [-0.15, -0.1) is 0 Å². The summed E-state index contributed by atoms with van der Waals surface area (Å²) >= 11 is 0. The number of carboxylic acid groups (broad SMARTS) is 1. The van der Waals surface area contributed by atoms with Crippen LogP contribution in [-0.2, 0) is 9.53 Å². The average molecular weight is 245 g/mol. The van der Waals surface area contributed by atoms with E-state index in [-0.39, 0.29) is 0 Å². The minimum atomic E-state index is -0.978. The van der Waals surface area contributed by atoms with Crippen molar-refractivity contribution >= 4 is 12.1 Å². The fourth-order valence-corrected chi connectivity index (χ4v) is 1.73. The molecule has 100 valence electrons. The van der Waals surface area contributed by atoms with Crippen LogP contribution in [-0.4, -0.2) is 41.8 Å². The molecular formula is C12H23NO4. The molecule has 0 aliphatic heterocycles. The zero-order valence-corrected chi connectivity index (χ0v) is 10.9. The number of unbranched alkanes of at least 4 members (excludes halogenated alkanes) is 3. The van der Waals surface area contributed by atoms with Gasteiger partial charge in [0.25, 0.3) is 0 Å². The Kier molecular flexibility index (Phi) is 8.19. The Morgan fingerprint density at radius 1 is 1.24 bits per heavy atom. The van der Waals surface area contributed by atoms with Gasteiger partial charge in [0.2, 0.25) is 0 Å². The molecule has 0 radical (unpaired) electrons. The average Bonchev–Trinajstić information content (AvgIpc) is 2.31. The van der Waals surface area contributed by atoms with E-state index in [9.17, 15) is 9.59 Å². The lowest BCUT2D eigenvalue weighted by Crippen LogP contribution is -2.45. The second-order valence-electron chi connectivity index (χ2n) is 3.99. The minimum Gasteiger partial charge on any atom is -0.480 e. The molecule has 5 nitrogen and oxygen atoms in total. The van der Waals surface area contributed by atoms with Crippen molar-refractivity contribution in [2.45, 2.75) is 52.0 Å². The first-order valence-electron chi connectivity index (χ1n) is 6.15. The van der Waals surface area contributed by atoms with Gasteiger partial charge in [-0.3, -0.25) is 4.90 Å². The van der Waals surface area contributed by atoms with Crippen LogP contribution in [0.25, 0.3) is 0 Å². The lowest BCUT2D eigenvalue weighted by atomic mass is 10.1. The summed E-state index contributed by atoms with van der Waals surface area (Å²) in [7, 11) is 1.27. The second-order valence-corrected chi connectivity index (χ2v) is 3.99. The smallest absolute Gasteiger partial charge is 0.410 e. The Morgan fingerprint density at radius 2 is 1.88 bits per heavy atom. The van der Waals surface area contributed by atoms with E-state index in [1.54, 1.807) is 6.92 Å². The van der Waals surface area contributed by atoms with Gasteiger partial charge in [-0.25, -0.2) is 9.59 Å². The lowest BCUT2D eigenvalue weighted by Gasteiger charge is -2.26. The number of hydrogen-bond acceptors (Lipinski definition) is 3. The zero-order valence-electron chi connectivity index (χ0n) is 10.9. The van der Waals surface area contributed by atoms with E-state index in [0.29, 0.717) is 13.0 Å². The lowest BCUT2D eigenvalue weighted by molar-refractivity contribution is -0.142. The predicted molar refractivity (Wildman–Crippen MR) is 65.0 cm³/mol. The first-order chi connectivity index (χ1) is 8.08. The van der Waals surface area contributed by atoms with Crippen molar-refractivity contribution in [3.05, 3.63) is 0 Å². The first kappa shape index (κ1) is 15.7. The van der Waals surface area contributed by atoms with E-state index in [2.05, 4.69) is 11.7 Å². The van der Waals surface area contributed by atoms with E-state index in [1.165, 1.54) is 12.0 Å². The number of carboxylic acids is 1. The normalized spacial score (nSPS) is 11.9. The Balaban J connectivity index is 4.41. The SMILES string of the molecule is CCCCCCN(C(=O)OC)C(CC)C(=O)O. The van der Waals surface area contributed by atoms with Gasteiger partial charge in [0.1, 0.15) is 6.04 Å². The number of nitrogens with zero attached hydrogens (tertiary/aromatic N) is 1. The number of hydrogen-bond donors (Lipinski definition) is 1. The monoisotopic (exact) mass is 245 g/mol. The molecule has 0 spiro atoms. The number of rotatable bonds is 8. The summed E-state index contributed by atoms with van der Waals surface area (Å²) in [6.07, 6.45) is 3.84. The molecule has 0 saturated carbocycles. The standard InChI is InChI=1S/C12H23NO4/c1-4-6-7-8-9-13(12(16)17-3)10(5-2)11(14)15/h10H,4-9H2,1-3H3,(H,14,15). The highest BCUT2D eigenvalue weighted by Gasteiger charge is 2.28. The summed E-state index contributed by atoms with van der Waals surface area (Å²) in [5.74, 6) is -0.978. The predicted octanol–water partition coefficient (Wildman–Crippen LogP) is 2.50. The molecule has 17 heavy (non-hydrogen) atoms. The van der Waals surface area contributed by atoms with Crippen molar-refractivity contribution in [2.75, 3.05) is 13.7 Å². The number of methoxy groups -OCH3 is 1. The quantitative estimate of drug-likeness (QED) is 0.667. The molecule has 0 aliphatic carbocycles. The summed E-state index contributed by atoms with van der Waals surface area (Å²) < 4.78 is 4.63. The molecule has 0 aliphatic rings. The highest BCUT2D eigenvalue weighted by Crippen LogP contribution is 2.10. The van der Waals surface area contributed by atoms with Crippen LogP contribution in [0.15, 0.2) is 0 Å². The van der Waals surface area contributed by atoms with Crippen molar-refractivity contribution in [2.24, 2.45) is 0 Å². The first-order valence-corrected chi connectivity index (χ1v) is 6.15. The third kappa shape index (κ3) is 5.56. The highest BCUT2D eigenvalue weighted by molar-refractivity contribution is 5.79. The van der Waals surface area contributed by atoms with Gasteiger partial charge in [0.05, 0.1) is 7.11 Å². The highest BCUT2D eigenvalue weighted by atomic mass is 16.5.